The van der Waals surface area contributed by atoms with Gasteiger partial charge in [0.2, 0.25) is 0 Å². The third-order valence-corrected chi connectivity index (χ3v) is 3.81. The predicted molar refractivity (Wildman–Crippen MR) is 76.7 cm³/mol. The van der Waals surface area contributed by atoms with Crippen LogP contribution in [0.25, 0.3) is 10.9 Å². The van der Waals surface area contributed by atoms with Gasteiger partial charge in [0.15, 0.2) is 0 Å². The van der Waals surface area contributed by atoms with E-state index in [9.17, 15) is 5.11 Å². The molecule has 3 rings (SSSR count). The van der Waals surface area contributed by atoms with Crippen molar-refractivity contribution >= 4 is 16.6 Å². The lowest BCUT2D eigenvalue weighted by atomic mass is 10.1. The Labute approximate surface area is 112 Å². The van der Waals surface area contributed by atoms with Crippen molar-refractivity contribution in [2.24, 2.45) is 0 Å². The maximum atomic E-state index is 10.0. The molecule has 0 radical (unpaired) electrons. The van der Waals surface area contributed by atoms with E-state index in [1.807, 2.05) is 31.2 Å². The zero-order valence-corrected chi connectivity index (χ0v) is 11.1. The number of anilines is 1. The molecule has 1 fully saturated rings. The van der Waals surface area contributed by atoms with Gasteiger partial charge >= 0.3 is 0 Å². The van der Waals surface area contributed by atoms with Crippen molar-refractivity contribution in [1.29, 1.82) is 0 Å². The lowest BCUT2D eigenvalue weighted by molar-refractivity contribution is 0.0679. The van der Waals surface area contributed by atoms with Crippen molar-refractivity contribution in [2.45, 2.75) is 25.5 Å². The van der Waals surface area contributed by atoms with E-state index in [2.05, 4.69) is 9.88 Å². The van der Waals surface area contributed by atoms with E-state index < -0.39 is 5.60 Å². The summed E-state index contributed by atoms with van der Waals surface area (Å²) in [6.07, 6.45) is 2.62. The molecule has 1 aromatic carbocycles. The summed E-state index contributed by atoms with van der Waals surface area (Å²) in [5.41, 5.74) is 8.32. The predicted octanol–water partition coefficient (Wildman–Crippen LogP) is 1.77. The number of hydrogen-bond acceptors (Lipinski definition) is 4. The molecular weight excluding hydrogens is 238 g/mol. The van der Waals surface area contributed by atoms with Crippen LogP contribution in [0.4, 0.5) is 5.69 Å². The maximum Gasteiger partial charge on any atom is 0.0767 e. The normalized spacial score (nSPS) is 24.1. The Balaban J connectivity index is 1.92. The average Bonchev–Trinajstić information content (AvgIpc) is 2.73. The molecule has 4 heteroatoms. The molecule has 2 heterocycles. The Morgan fingerprint density at radius 3 is 3.00 bits per heavy atom. The van der Waals surface area contributed by atoms with Crippen LogP contribution < -0.4 is 5.73 Å². The Morgan fingerprint density at radius 1 is 1.42 bits per heavy atom. The van der Waals surface area contributed by atoms with Gasteiger partial charge in [0, 0.05) is 36.9 Å². The van der Waals surface area contributed by atoms with Crippen LogP contribution in [0, 0.1) is 0 Å². The van der Waals surface area contributed by atoms with Crippen molar-refractivity contribution in [2.75, 3.05) is 18.8 Å². The van der Waals surface area contributed by atoms with E-state index >= 15 is 0 Å². The minimum absolute atomic E-state index is 0.558. The molecule has 4 nitrogen and oxygen atoms in total. The number of nitrogens with two attached hydrogens (primary N) is 1. The first-order valence-corrected chi connectivity index (χ1v) is 6.62. The fourth-order valence-corrected chi connectivity index (χ4v) is 2.80. The zero-order chi connectivity index (χ0) is 13.5. The number of benzene rings is 1. The number of β-amino-alcohol motifs (C(OH)–C–C–N with tert-alkyl or cyclic N) is 1. The van der Waals surface area contributed by atoms with Crippen LogP contribution in [-0.4, -0.2) is 33.7 Å². The summed E-state index contributed by atoms with van der Waals surface area (Å²) < 4.78 is 0. The summed E-state index contributed by atoms with van der Waals surface area (Å²) in [4.78, 5) is 6.71. The first-order chi connectivity index (χ1) is 9.05. The van der Waals surface area contributed by atoms with Crippen molar-refractivity contribution in [3.05, 3.63) is 36.0 Å². The average molecular weight is 257 g/mol. The summed E-state index contributed by atoms with van der Waals surface area (Å²) in [5.74, 6) is 0. The van der Waals surface area contributed by atoms with E-state index in [0.29, 0.717) is 6.54 Å². The van der Waals surface area contributed by atoms with Crippen molar-refractivity contribution in [1.82, 2.24) is 9.88 Å². The number of pyridine rings is 1. The van der Waals surface area contributed by atoms with Gasteiger partial charge in [0.1, 0.15) is 0 Å². The van der Waals surface area contributed by atoms with E-state index in [4.69, 9.17) is 5.73 Å². The lowest BCUT2D eigenvalue weighted by Gasteiger charge is -2.19. The molecule has 1 unspecified atom stereocenters. The Kier molecular flexibility index (Phi) is 2.92. The van der Waals surface area contributed by atoms with Gasteiger partial charge in [-0.1, -0.05) is 6.07 Å². The second kappa shape index (κ2) is 4.47. The number of nitrogen functional groups attached to an aromatic ring is 1. The van der Waals surface area contributed by atoms with Crippen molar-refractivity contribution in [3.8, 4) is 0 Å². The number of hydrogen-bond donors (Lipinski definition) is 2. The first-order valence-electron chi connectivity index (χ1n) is 6.62. The second-order valence-corrected chi connectivity index (χ2v) is 5.67. The highest BCUT2D eigenvalue weighted by atomic mass is 16.3. The molecule has 100 valence electrons. The molecule has 1 aliphatic rings. The highest BCUT2D eigenvalue weighted by Crippen LogP contribution is 2.26. The Hall–Kier alpha value is -1.65. The standard InChI is InChI=1S/C15H19N3O/c1-15(19)6-8-18(10-15)9-11-4-5-13(16)12-3-2-7-17-14(11)12/h2-5,7,19H,6,8-10,16H2,1H3. The number of nitrogens with zero attached hydrogens (tertiary/aromatic N) is 2. The van der Waals surface area contributed by atoms with Gasteiger partial charge < -0.3 is 10.8 Å². The SMILES string of the molecule is CC1(O)CCN(Cc2ccc(N)c3cccnc23)C1. The Bertz CT molecular complexity index is 609. The van der Waals surface area contributed by atoms with Crippen LogP contribution in [0.5, 0.6) is 0 Å². The molecule has 2 aromatic rings. The van der Waals surface area contributed by atoms with Crippen LogP contribution in [0.15, 0.2) is 30.5 Å². The van der Waals surface area contributed by atoms with Crippen LogP contribution in [0.2, 0.25) is 0 Å². The van der Waals surface area contributed by atoms with E-state index in [-0.39, 0.29) is 0 Å². The summed E-state index contributed by atoms with van der Waals surface area (Å²) in [7, 11) is 0. The molecule has 1 aromatic heterocycles. The molecule has 3 N–H and O–H groups in total. The number of rotatable bonds is 2. The molecule has 19 heavy (non-hydrogen) atoms. The largest absolute Gasteiger partial charge is 0.398 e. The molecule has 0 bridgehead atoms. The van der Waals surface area contributed by atoms with E-state index in [0.717, 1.165) is 36.1 Å². The third kappa shape index (κ3) is 2.41. The van der Waals surface area contributed by atoms with Gasteiger partial charge in [0.05, 0.1) is 11.1 Å². The van der Waals surface area contributed by atoms with Gasteiger partial charge in [-0.3, -0.25) is 9.88 Å². The smallest absolute Gasteiger partial charge is 0.0767 e. The van der Waals surface area contributed by atoms with E-state index in [1.54, 1.807) is 6.20 Å². The molecule has 0 aliphatic carbocycles. The van der Waals surface area contributed by atoms with Crippen LogP contribution >= 0.6 is 0 Å². The Morgan fingerprint density at radius 2 is 2.26 bits per heavy atom. The van der Waals surface area contributed by atoms with Gasteiger partial charge in [0.25, 0.3) is 0 Å². The zero-order valence-electron chi connectivity index (χ0n) is 11.1. The number of fused-ring (bicyclic) bond motifs is 1. The molecule has 0 saturated carbocycles. The third-order valence-electron chi connectivity index (χ3n) is 3.81. The van der Waals surface area contributed by atoms with Gasteiger partial charge in [-0.25, -0.2) is 0 Å². The maximum absolute atomic E-state index is 10.0. The quantitative estimate of drug-likeness (QED) is 0.805. The highest BCUT2D eigenvalue weighted by molar-refractivity contribution is 5.92. The summed E-state index contributed by atoms with van der Waals surface area (Å²) in [6, 6.07) is 7.88. The number of aliphatic hydroxyl groups is 1. The van der Waals surface area contributed by atoms with Gasteiger partial charge in [-0.05, 0) is 37.1 Å². The summed E-state index contributed by atoms with van der Waals surface area (Å²) >= 11 is 0. The van der Waals surface area contributed by atoms with Crippen LogP contribution in [0.1, 0.15) is 18.9 Å². The van der Waals surface area contributed by atoms with E-state index in [1.165, 1.54) is 5.56 Å². The fourth-order valence-electron chi connectivity index (χ4n) is 2.80. The first kappa shape index (κ1) is 12.4. The summed E-state index contributed by atoms with van der Waals surface area (Å²) in [6.45, 7) is 4.34. The van der Waals surface area contributed by atoms with Crippen molar-refractivity contribution in [3.63, 3.8) is 0 Å². The van der Waals surface area contributed by atoms with Crippen LogP contribution in [0.3, 0.4) is 0 Å². The van der Waals surface area contributed by atoms with Gasteiger partial charge in [-0.2, -0.15) is 0 Å². The number of aromatic nitrogens is 1. The second-order valence-electron chi connectivity index (χ2n) is 5.67. The topological polar surface area (TPSA) is 62.4 Å². The molecule has 1 aliphatic heterocycles. The lowest BCUT2D eigenvalue weighted by Crippen LogP contribution is -2.29. The van der Waals surface area contributed by atoms with Crippen LogP contribution in [-0.2, 0) is 6.54 Å². The monoisotopic (exact) mass is 257 g/mol. The minimum atomic E-state index is -0.558. The van der Waals surface area contributed by atoms with Crippen molar-refractivity contribution < 1.29 is 5.11 Å². The fraction of sp³-hybridized carbons (Fsp3) is 0.400. The molecule has 1 atom stereocenters. The molecule has 0 amide bonds. The highest BCUT2D eigenvalue weighted by Gasteiger charge is 2.31. The molecular formula is C15H19N3O. The molecule has 1 saturated heterocycles. The minimum Gasteiger partial charge on any atom is -0.398 e. The molecule has 0 spiro atoms. The number of likely N-dealkylation sites (tertiary alicyclic amines) is 1. The summed E-state index contributed by atoms with van der Waals surface area (Å²) in [5, 5.41) is 11.0. The van der Waals surface area contributed by atoms with Gasteiger partial charge in [-0.15, -0.1) is 0 Å².